The van der Waals surface area contributed by atoms with Crippen LogP contribution >= 0.6 is 23.8 Å². The van der Waals surface area contributed by atoms with Crippen molar-refractivity contribution in [2.24, 2.45) is 5.73 Å². The Morgan fingerprint density at radius 1 is 1.50 bits per heavy atom. The Morgan fingerprint density at radius 2 is 2.28 bits per heavy atom. The molecule has 2 N–H and O–H groups in total. The first-order valence-electron chi connectivity index (χ1n) is 5.58. The first-order valence-corrected chi connectivity index (χ1v) is 6.76. The van der Waals surface area contributed by atoms with Crippen molar-refractivity contribution in [2.45, 2.75) is 13.3 Å². The Balaban J connectivity index is 2.30. The molecule has 0 radical (unpaired) electrons. The van der Waals surface area contributed by atoms with Crippen LogP contribution in [0.4, 0.5) is 10.8 Å². The minimum atomic E-state index is 0.400. The predicted molar refractivity (Wildman–Crippen MR) is 79.7 cm³/mol. The van der Waals surface area contributed by atoms with Crippen LogP contribution in [0, 0.1) is 0 Å². The summed E-state index contributed by atoms with van der Waals surface area (Å²) in [6.45, 7) is 2.04. The highest BCUT2D eigenvalue weighted by Crippen LogP contribution is 2.25. The fourth-order valence-electron chi connectivity index (χ4n) is 1.50. The predicted octanol–water partition coefficient (Wildman–Crippen LogP) is 2.50. The highest BCUT2D eigenvalue weighted by atomic mass is 32.1. The van der Waals surface area contributed by atoms with E-state index in [4.69, 9.17) is 18.0 Å². The number of thiocarbonyl (C=S) groups is 1. The summed E-state index contributed by atoms with van der Waals surface area (Å²) in [6, 6.07) is 7.78. The Kier molecular flexibility index (Phi) is 3.88. The van der Waals surface area contributed by atoms with E-state index >= 15 is 0 Å². The van der Waals surface area contributed by atoms with E-state index in [0.717, 1.165) is 28.6 Å². The topological polar surface area (TPSA) is 55.0 Å². The maximum atomic E-state index is 5.63. The third kappa shape index (κ3) is 2.65. The molecule has 94 valence electrons. The molecule has 0 saturated heterocycles. The second-order valence-electron chi connectivity index (χ2n) is 3.82. The summed E-state index contributed by atoms with van der Waals surface area (Å²) in [5, 5.41) is 0.868. The molecule has 1 aromatic carbocycles. The molecule has 0 unspecified atom stereocenters. The van der Waals surface area contributed by atoms with Crippen molar-refractivity contribution in [1.82, 2.24) is 9.36 Å². The van der Waals surface area contributed by atoms with Crippen LogP contribution in [0.15, 0.2) is 24.3 Å². The average molecular weight is 278 g/mol. The van der Waals surface area contributed by atoms with Crippen molar-refractivity contribution >= 4 is 39.6 Å². The van der Waals surface area contributed by atoms with Gasteiger partial charge in [-0.25, -0.2) is 4.98 Å². The molecule has 2 aromatic rings. The van der Waals surface area contributed by atoms with E-state index in [1.807, 2.05) is 43.1 Å². The summed E-state index contributed by atoms with van der Waals surface area (Å²) in [7, 11) is 1.96. The molecule has 18 heavy (non-hydrogen) atoms. The van der Waals surface area contributed by atoms with E-state index in [1.54, 1.807) is 0 Å². The maximum absolute atomic E-state index is 5.63. The van der Waals surface area contributed by atoms with Crippen molar-refractivity contribution in [2.75, 3.05) is 11.9 Å². The fourth-order valence-corrected chi connectivity index (χ4v) is 2.36. The van der Waals surface area contributed by atoms with Gasteiger partial charge in [0.1, 0.15) is 10.8 Å². The van der Waals surface area contributed by atoms with Crippen LogP contribution in [0.1, 0.15) is 18.3 Å². The van der Waals surface area contributed by atoms with Crippen LogP contribution in [0.5, 0.6) is 0 Å². The SMILES string of the molecule is CCc1nsc(N(C)c2cccc(C(N)=S)c2)n1. The zero-order valence-corrected chi connectivity index (χ0v) is 11.9. The van der Waals surface area contributed by atoms with Crippen molar-refractivity contribution in [3.05, 3.63) is 35.7 Å². The summed E-state index contributed by atoms with van der Waals surface area (Å²) in [4.78, 5) is 6.83. The minimum absolute atomic E-state index is 0.400. The Bertz CT molecular complexity index is 565. The lowest BCUT2D eigenvalue weighted by molar-refractivity contribution is 0.989. The molecule has 4 nitrogen and oxygen atoms in total. The summed E-state index contributed by atoms with van der Waals surface area (Å²) in [5.41, 5.74) is 7.49. The molecule has 1 heterocycles. The number of nitrogens with zero attached hydrogens (tertiary/aromatic N) is 3. The van der Waals surface area contributed by atoms with Crippen LogP contribution in [0.3, 0.4) is 0 Å². The van der Waals surface area contributed by atoms with Gasteiger partial charge in [-0.3, -0.25) is 0 Å². The van der Waals surface area contributed by atoms with E-state index in [1.165, 1.54) is 11.5 Å². The standard InChI is InChI=1S/C12H14N4S2/c1-3-10-14-12(18-15-10)16(2)9-6-4-5-8(7-9)11(13)17/h4-7H,3H2,1-2H3,(H2,13,17). The number of hydrogen-bond acceptors (Lipinski definition) is 5. The molecule has 0 aliphatic carbocycles. The zero-order valence-electron chi connectivity index (χ0n) is 10.3. The number of nitrogens with two attached hydrogens (primary N) is 1. The van der Waals surface area contributed by atoms with Crippen molar-refractivity contribution in [3.8, 4) is 0 Å². The number of hydrogen-bond donors (Lipinski definition) is 1. The van der Waals surface area contributed by atoms with Gasteiger partial charge in [0.25, 0.3) is 0 Å². The summed E-state index contributed by atoms with van der Waals surface area (Å²) >= 11 is 6.37. The van der Waals surface area contributed by atoms with Gasteiger partial charge in [-0.15, -0.1) is 0 Å². The normalized spacial score (nSPS) is 10.3. The highest BCUT2D eigenvalue weighted by Gasteiger charge is 2.10. The second kappa shape index (κ2) is 5.41. The Morgan fingerprint density at radius 3 is 2.89 bits per heavy atom. The van der Waals surface area contributed by atoms with Gasteiger partial charge in [-0.05, 0) is 12.1 Å². The minimum Gasteiger partial charge on any atom is -0.389 e. The molecule has 0 fully saturated rings. The van der Waals surface area contributed by atoms with Gasteiger partial charge in [0.05, 0.1) is 0 Å². The van der Waals surface area contributed by atoms with Gasteiger partial charge < -0.3 is 10.6 Å². The largest absolute Gasteiger partial charge is 0.389 e. The molecule has 0 spiro atoms. The molecule has 1 aromatic heterocycles. The third-order valence-corrected chi connectivity index (χ3v) is 3.64. The van der Waals surface area contributed by atoms with Crippen LogP contribution in [-0.2, 0) is 6.42 Å². The Labute approximate surface area is 116 Å². The lowest BCUT2D eigenvalue weighted by Gasteiger charge is -2.15. The van der Waals surface area contributed by atoms with E-state index in [-0.39, 0.29) is 0 Å². The van der Waals surface area contributed by atoms with Crippen LogP contribution in [0.25, 0.3) is 0 Å². The number of rotatable bonds is 4. The average Bonchev–Trinajstić information content (AvgIpc) is 2.86. The molecule has 0 amide bonds. The van der Waals surface area contributed by atoms with Crippen LogP contribution in [-0.4, -0.2) is 21.4 Å². The van der Waals surface area contributed by atoms with Crippen molar-refractivity contribution in [1.29, 1.82) is 0 Å². The molecular weight excluding hydrogens is 264 g/mol. The first-order chi connectivity index (χ1) is 8.61. The molecule has 0 atom stereocenters. The van der Waals surface area contributed by atoms with Gasteiger partial charge >= 0.3 is 0 Å². The molecule has 0 bridgehead atoms. The van der Waals surface area contributed by atoms with Gasteiger partial charge in [-0.1, -0.05) is 31.3 Å². The lowest BCUT2D eigenvalue weighted by atomic mass is 10.2. The molecule has 0 aliphatic heterocycles. The number of anilines is 2. The lowest BCUT2D eigenvalue weighted by Crippen LogP contribution is -2.13. The van der Waals surface area contributed by atoms with Gasteiger partial charge in [0.15, 0.2) is 0 Å². The molecular formula is C12H14N4S2. The fraction of sp³-hybridized carbons (Fsp3) is 0.250. The van der Waals surface area contributed by atoms with Gasteiger partial charge in [0, 0.05) is 36.3 Å². The van der Waals surface area contributed by atoms with Crippen molar-refractivity contribution < 1.29 is 0 Å². The molecule has 0 saturated carbocycles. The quantitative estimate of drug-likeness (QED) is 0.871. The maximum Gasteiger partial charge on any atom is 0.209 e. The molecule has 0 aliphatic rings. The Hall–Kier alpha value is -1.53. The third-order valence-electron chi connectivity index (χ3n) is 2.58. The summed E-state index contributed by atoms with van der Waals surface area (Å²) in [6.07, 6.45) is 0.845. The highest BCUT2D eigenvalue weighted by molar-refractivity contribution is 7.80. The zero-order chi connectivity index (χ0) is 13.1. The number of benzene rings is 1. The second-order valence-corrected chi connectivity index (χ2v) is 4.99. The monoisotopic (exact) mass is 278 g/mol. The van der Waals surface area contributed by atoms with E-state index in [2.05, 4.69) is 9.36 Å². The van der Waals surface area contributed by atoms with Crippen LogP contribution in [0.2, 0.25) is 0 Å². The number of aromatic nitrogens is 2. The van der Waals surface area contributed by atoms with Gasteiger partial charge in [0.2, 0.25) is 5.13 Å². The van der Waals surface area contributed by atoms with Gasteiger partial charge in [-0.2, -0.15) is 4.37 Å². The van der Waals surface area contributed by atoms with Crippen LogP contribution < -0.4 is 10.6 Å². The first kappa shape index (κ1) is 12.9. The van der Waals surface area contributed by atoms with E-state index in [9.17, 15) is 0 Å². The molecule has 2 rings (SSSR count). The van der Waals surface area contributed by atoms with Crippen molar-refractivity contribution in [3.63, 3.8) is 0 Å². The number of aryl methyl sites for hydroxylation is 1. The smallest absolute Gasteiger partial charge is 0.209 e. The van der Waals surface area contributed by atoms with E-state index < -0.39 is 0 Å². The summed E-state index contributed by atoms with van der Waals surface area (Å²) in [5.74, 6) is 0.868. The van der Waals surface area contributed by atoms with E-state index in [0.29, 0.717) is 4.99 Å². The molecule has 6 heteroatoms. The summed E-state index contributed by atoms with van der Waals surface area (Å²) < 4.78 is 4.28.